The monoisotopic (exact) mass is 375 g/mol. The summed E-state index contributed by atoms with van der Waals surface area (Å²) in [4.78, 5) is 29.1. The van der Waals surface area contributed by atoms with Crippen molar-refractivity contribution in [3.8, 4) is 12.3 Å². The van der Waals surface area contributed by atoms with E-state index in [4.69, 9.17) is 18.0 Å². The first-order valence-corrected chi connectivity index (χ1v) is 8.34. The smallest absolute Gasteiger partial charge is 0.258 e. The number of hydrogen-bond donors (Lipinski definition) is 2. The average molecular weight is 376 g/mol. The van der Waals surface area contributed by atoms with Crippen LogP contribution in [-0.4, -0.2) is 16.8 Å². The van der Waals surface area contributed by atoms with Crippen LogP contribution in [0.5, 0.6) is 0 Å². The summed E-state index contributed by atoms with van der Waals surface area (Å²) >= 11 is 6.03. The lowest BCUT2D eigenvalue weighted by molar-refractivity contribution is 0.102. The van der Waals surface area contributed by atoms with Gasteiger partial charge in [0, 0.05) is 22.3 Å². The molecule has 3 aromatic rings. The minimum atomic E-state index is -0.457. The Labute approximate surface area is 161 Å². The molecule has 2 amide bonds. The van der Waals surface area contributed by atoms with Crippen molar-refractivity contribution in [2.75, 3.05) is 10.6 Å². The highest BCUT2D eigenvalue weighted by molar-refractivity contribution is 6.31. The van der Waals surface area contributed by atoms with Gasteiger partial charge in [-0.2, -0.15) is 0 Å². The minimum absolute atomic E-state index is 0.217. The van der Waals surface area contributed by atoms with Crippen LogP contribution in [-0.2, 0) is 0 Å². The van der Waals surface area contributed by atoms with Crippen molar-refractivity contribution >= 4 is 34.9 Å². The molecule has 1 aromatic heterocycles. The maximum atomic E-state index is 12.7. The molecule has 0 fully saturated rings. The Morgan fingerprint density at radius 3 is 2.41 bits per heavy atom. The Bertz CT molecular complexity index is 1030. The van der Waals surface area contributed by atoms with Crippen LogP contribution in [0.15, 0.2) is 66.9 Å². The minimum Gasteiger partial charge on any atom is -0.321 e. The number of carbonyl (C=O) groups excluding carboxylic acids is 2. The largest absolute Gasteiger partial charge is 0.321 e. The predicted octanol–water partition coefficient (Wildman–Crippen LogP) is 4.22. The summed E-state index contributed by atoms with van der Waals surface area (Å²) in [7, 11) is 0. The first-order chi connectivity index (χ1) is 13.1. The zero-order valence-corrected chi connectivity index (χ0v) is 14.8. The van der Waals surface area contributed by atoms with E-state index in [0.29, 0.717) is 27.7 Å². The van der Waals surface area contributed by atoms with E-state index in [9.17, 15) is 9.59 Å². The van der Waals surface area contributed by atoms with Crippen LogP contribution < -0.4 is 10.6 Å². The van der Waals surface area contributed by atoms with Crippen LogP contribution in [0.2, 0.25) is 5.02 Å². The summed E-state index contributed by atoms with van der Waals surface area (Å²) in [5.41, 5.74) is 1.64. The fourth-order valence-electron chi connectivity index (χ4n) is 2.33. The number of benzene rings is 2. The van der Waals surface area contributed by atoms with Crippen molar-refractivity contribution in [2.24, 2.45) is 0 Å². The lowest BCUT2D eigenvalue weighted by Gasteiger charge is -2.12. The Balaban J connectivity index is 1.83. The quantitative estimate of drug-likeness (QED) is 0.670. The summed E-state index contributed by atoms with van der Waals surface area (Å²) in [6.45, 7) is 0. The van der Waals surface area contributed by atoms with Crippen LogP contribution >= 0.6 is 11.6 Å². The third-order valence-electron chi connectivity index (χ3n) is 3.68. The number of nitrogens with zero attached hydrogens (tertiary/aromatic N) is 1. The van der Waals surface area contributed by atoms with Gasteiger partial charge in [-0.3, -0.25) is 9.59 Å². The summed E-state index contributed by atoms with van der Waals surface area (Å²) < 4.78 is 0. The second kappa shape index (κ2) is 8.17. The highest BCUT2D eigenvalue weighted by Crippen LogP contribution is 2.22. The van der Waals surface area contributed by atoms with E-state index in [-0.39, 0.29) is 11.5 Å². The topological polar surface area (TPSA) is 71.1 Å². The van der Waals surface area contributed by atoms with Crippen molar-refractivity contribution in [1.29, 1.82) is 0 Å². The molecule has 0 aliphatic rings. The van der Waals surface area contributed by atoms with E-state index in [1.807, 2.05) is 6.07 Å². The summed E-state index contributed by atoms with van der Waals surface area (Å²) in [5.74, 6) is 2.00. The first kappa shape index (κ1) is 18.2. The summed E-state index contributed by atoms with van der Waals surface area (Å²) in [5, 5.41) is 5.76. The molecule has 0 unspecified atom stereocenters. The number of pyridine rings is 1. The van der Waals surface area contributed by atoms with Gasteiger partial charge in [0.1, 0.15) is 5.82 Å². The molecule has 6 heteroatoms. The standard InChI is InChI=1S/C21H14ClN3O2/c1-2-14-8-11-19(23-13-14)25-21(27)17-12-16(22)9-10-18(17)24-20(26)15-6-4-3-5-7-15/h1,3-13H,(H,24,26)(H,23,25,27). The van der Waals surface area contributed by atoms with Crippen LogP contribution in [0.1, 0.15) is 26.3 Å². The van der Waals surface area contributed by atoms with Crippen LogP contribution in [0.3, 0.4) is 0 Å². The van der Waals surface area contributed by atoms with Gasteiger partial charge in [0.15, 0.2) is 0 Å². The molecule has 2 aromatic carbocycles. The molecule has 27 heavy (non-hydrogen) atoms. The zero-order valence-electron chi connectivity index (χ0n) is 14.1. The van der Waals surface area contributed by atoms with E-state index in [0.717, 1.165) is 0 Å². The molecule has 0 spiro atoms. The summed E-state index contributed by atoms with van der Waals surface area (Å²) in [6.07, 6.45) is 6.77. The molecule has 0 aliphatic carbocycles. The second-order valence-electron chi connectivity index (χ2n) is 5.54. The van der Waals surface area contributed by atoms with Crippen molar-refractivity contribution in [3.05, 3.63) is 88.6 Å². The van der Waals surface area contributed by atoms with E-state index < -0.39 is 5.91 Å². The van der Waals surface area contributed by atoms with Crippen molar-refractivity contribution in [3.63, 3.8) is 0 Å². The number of amides is 2. The van der Waals surface area contributed by atoms with Crippen LogP contribution in [0, 0.1) is 12.3 Å². The molecule has 2 N–H and O–H groups in total. The van der Waals surface area contributed by atoms with Gasteiger partial charge in [-0.15, -0.1) is 6.42 Å². The Hall–Kier alpha value is -3.62. The molecule has 5 nitrogen and oxygen atoms in total. The fourth-order valence-corrected chi connectivity index (χ4v) is 2.51. The number of carbonyl (C=O) groups is 2. The predicted molar refractivity (Wildman–Crippen MR) is 106 cm³/mol. The third-order valence-corrected chi connectivity index (χ3v) is 3.92. The van der Waals surface area contributed by atoms with Gasteiger partial charge in [-0.1, -0.05) is 35.7 Å². The summed E-state index contributed by atoms with van der Waals surface area (Å²) in [6, 6.07) is 16.6. The van der Waals surface area contributed by atoms with E-state index in [2.05, 4.69) is 21.5 Å². The molecule has 3 rings (SSSR count). The lowest BCUT2D eigenvalue weighted by atomic mass is 10.1. The van der Waals surface area contributed by atoms with E-state index in [1.54, 1.807) is 48.5 Å². The number of aromatic nitrogens is 1. The van der Waals surface area contributed by atoms with Gasteiger partial charge in [-0.25, -0.2) is 4.98 Å². The van der Waals surface area contributed by atoms with Crippen molar-refractivity contribution in [1.82, 2.24) is 4.98 Å². The van der Waals surface area contributed by atoms with E-state index >= 15 is 0 Å². The molecule has 0 radical (unpaired) electrons. The molecular formula is C21H14ClN3O2. The molecule has 132 valence electrons. The SMILES string of the molecule is C#Cc1ccc(NC(=O)c2cc(Cl)ccc2NC(=O)c2ccccc2)nc1. The second-order valence-corrected chi connectivity index (χ2v) is 5.98. The number of halogens is 1. The van der Waals surface area contributed by atoms with Crippen molar-refractivity contribution in [2.45, 2.75) is 0 Å². The average Bonchev–Trinajstić information content (AvgIpc) is 2.70. The Kier molecular flexibility index (Phi) is 5.50. The number of anilines is 2. The molecule has 0 aliphatic heterocycles. The zero-order chi connectivity index (χ0) is 19.2. The highest BCUT2D eigenvalue weighted by Gasteiger charge is 2.16. The van der Waals surface area contributed by atoms with E-state index in [1.165, 1.54) is 12.3 Å². The van der Waals surface area contributed by atoms with Gasteiger partial charge in [-0.05, 0) is 42.5 Å². The maximum absolute atomic E-state index is 12.7. The van der Waals surface area contributed by atoms with Gasteiger partial charge in [0.25, 0.3) is 11.8 Å². The number of rotatable bonds is 4. The van der Waals surface area contributed by atoms with Gasteiger partial charge in [0.2, 0.25) is 0 Å². The number of hydrogen-bond acceptors (Lipinski definition) is 3. The van der Waals surface area contributed by atoms with Crippen LogP contribution in [0.25, 0.3) is 0 Å². The van der Waals surface area contributed by atoms with Gasteiger partial charge >= 0.3 is 0 Å². The van der Waals surface area contributed by atoms with Gasteiger partial charge in [0.05, 0.1) is 11.3 Å². The normalized spacial score (nSPS) is 9.93. The number of terminal acetylenes is 1. The number of nitrogens with one attached hydrogen (secondary N) is 2. The maximum Gasteiger partial charge on any atom is 0.258 e. The van der Waals surface area contributed by atoms with Crippen molar-refractivity contribution < 1.29 is 9.59 Å². The lowest BCUT2D eigenvalue weighted by Crippen LogP contribution is -2.18. The first-order valence-electron chi connectivity index (χ1n) is 7.97. The Morgan fingerprint density at radius 2 is 1.74 bits per heavy atom. The van der Waals surface area contributed by atoms with Gasteiger partial charge < -0.3 is 10.6 Å². The molecule has 0 atom stereocenters. The Morgan fingerprint density at radius 1 is 0.963 bits per heavy atom. The molecular weight excluding hydrogens is 362 g/mol. The molecule has 0 bridgehead atoms. The fraction of sp³-hybridized carbons (Fsp3) is 0. The molecule has 0 saturated carbocycles. The highest BCUT2D eigenvalue weighted by atomic mass is 35.5. The van der Waals surface area contributed by atoms with Crippen LogP contribution in [0.4, 0.5) is 11.5 Å². The molecule has 1 heterocycles. The molecule has 0 saturated heterocycles. The third kappa shape index (κ3) is 4.51.